The van der Waals surface area contributed by atoms with Crippen molar-refractivity contribution in [2.45, 2.75) is 12.6 Å². The highest BCUT2D eigenvalue weighted by molar-refractivity contribution is 5.83. The molecule has 21 heavy (non-hydrogen) atoms. The Hall–Kier alpha value is -2.00. The van der Waals surface area contributed by atoms with Crippen molar-refractivity contribution in [1.82, 2.24) is 9.80 Å². The maximum Gasteiger partial charge on any atom is 0.406 e. The molecule has 7 nitrogen and oxygen atoms in total. The lowest BCUT2D eigenvalue weighted by Gasteiger charge is -2.28. The minimum Gasteiger partial charge on any atom is -0.481 e. The number of carboxylic acid groups (broad SMARTS) is 1. The standard InChI is InChI=1S/C11H15F3N2O5/c1-15(5-7(17)21-2)9(20)16-4-3-10(6-16,8(18)19)11(12,13)14/h3-6H2,1-2H3,(H,18,19). The molecule has 1 atom stereocenters. The largest absolute Gasteiger partial charge is 0.481 e. The number of amides is 2. The van der Waals surface area contributed by atoms with E-state index in [1.807, 2.05) is 0 Å². The summed E-state index contributed by atoms with van der Waals surface area (Å²) in [6, 6.07) is -0.854. The second-order valence-corrected chi connectivity index (χ2v) is 4.77. The fraction of sp³-hybridized carbons (Fsp3) is 0.727. The van der Waals surface area contributed by atoms with Gasteiger partial charge in [-0.05, 0) is 6.42 Å². The lowest BCUT2D eigenvalue weighted by molar-refractivity contribution is -0.227. The average Bonchev–Trinajstić information content (AvgIpc) is 2.83. The Kier molecular flexibility index (Phi) is 4.69. The second kappa shape index (κ2) is 5.78. The van der Waals surface area contributed by atoms with Gasteiger partial charge in [0.1, 0.15) is 6.54 Å². The van der Waals surface area contributed by atoms with Crippen LogP contribution in [-0.2, 0) is 14.3 Å². The van der Waals surface area contributed by atoms with Crippen molar-refractivity contribution < 1.29 is 37.4 Å². The molecule has 10 heteroatoms. The molecule has 1 rings (SSSR count). The number of halogens is 3. The molecule has 120 valence electrons. The van der Waals surface area contributed by atoms with E-state index in [2.05, 4.69) is 4.74 Å². The predicted molar refractivity (Wildman–Crippen MR) is 62.4 cm³/mol. The predicted octanol–water partition coefficient (Wildman–Crippen LogP) is 0.550. The third kappa shape index (κ3) is 3.19. The number of ether oxygens (including phenoxy) is 1. The molecule has 0 bridgehead atoms. The van der Waals surface area contributed by atoms with Crippen molar-refractivity contribution in [3.05, 3.63) is 0 Å². The van der Waals surface area contributed by atoms with E-state index in [0.717, 1.165) is 16.9 Å². The molecule has 1 unspecified atom stereocenters. The molecule has 0 aromatic rings. The number of alkyl halides is 3. The van der Waals surface area contributed by atoms with Crippen molar-refractivity contribution >= 4 is 18.0 Å². The molecule has 1 aliphatic heterocycles. The molecule has 0 spiro atoms. The third-order valence-electron chi connectivity index (χ3n) is 3.41. The summed E-state index contributed by atoms with van der Waals surface area (Å²) in [7, 11) is 2.32. The number of carboxylic acids is 1. The van der Waals surface area contributed by atoms with Crippen LogP contribution in [0.5, 0.6) is 0 Å². The number of aliphatic carboxylic acids is 1. The van der Waals surface area contributed by atoms with Gasteiger partial charge in [0.25, 0.3) is 0 Å². The highest BCUT2D eigenvalue weighted by Gasteiger charge is 2.64. The Balaban J connectivity index is 2.83. The molecule has 0 saturated carbocycles. The van der Waals surface area contributed by atoms with Crippen LogP contribution in [0.15, 0.2) is 0 Å². The molecule has 0 aliphatic carbocycles. The monoisotopic (exact) mass is 312 g/mol. The van der Waals surface area contributed by atoms with Gasteiger partial charge in [0.2, 0.25) is 0 Å². The number of hydrogen-bond donors (Lipinski definition) is 1. The highest BCUT2D eigenvalue weighted by Crippen LogP contribution is 2.45. The molecular formula is C11H15F3N2O5. The van der Waals surface area contributed by atoms with Crippen molar-refractivity contribution in [3.63, 3.8) is 0 Å². The third-order valence-corrected chi connectivity index (χ3v) is 3.41. The van der Waals surface area contributed by atoms with Gasteiger partial charge >= 0.3 is 24.1 Å². The maximum atomic E-state index is 13.0. The average molecular weight is 312 g/mol. The molecule has 0 aromatic carbocycles. The van der Waals surface area contributed by atoms with Gasteiger partial charge in [0, 0.05) is 20.1 Å². The van der Waals surface area contributed by atoms with E-state index in [9.17, 15) is 27.6 Å². The topological polar surface area (TPSA) is 87.2 Å². The van der Waals surface area contributed by atoms with Gasteiger partial charge < -0.3 is 19.6 Å². The number of likely N-dealkylation sites (N-methyl/N-ethyl adjacent to an activating group) is 1. The normalized spacial score (nSPS) is 22.0. The lowest BCUT2D eigenvalue weighted by atomic mass is 9.86. The fourth-order valence-electron chi connectivity index (χ4n) is 2.07. The summed E-state index contributed by atoms with van der Waals surface area (Å²) in [5.41, 5.74) is -2.96. The molecule has 1 saturated heterocycles. The van der Waals surface area contributed by atoms with Crippen molar-refractivity contribution in [2.24, 2.45) is 5.41 Å². The van der Waals surface area contributed by atoms with Crippen LogP contribution < -0.4 is 0 Å². The van der Waals surface area contributed by atoms with E-state index in [0.29, 0.717) is 0 Å². The molecule has 1 N–H and O–H groups in total. The van der Waals surface area contributed by atoms with E-state index in [1.165, 1.54) is 7.05 Å². The molecule has 0 radical (unpaired) electrons. The van der Waals surface area contributed by atoms with Crippen molar-refractivity contribution in [1.29, 1.82) is 0 Å². The van der Waals surface area contributed by atoms with Crippen molar-refractivity contribution in [2.75, 3.05) is 33.8 Å². The number of esters is 1. The van der Waals surface area contributed by atoms with Crippen LogP contribution in [0, 0.1) is 5.41 Å². The first-order valence-corrected chi connectivity index (χ1v) is 5.92. The number of likely N-dealkylation sites (tertiary alicyclic amines) is 1. The number of urea groups is 1. The number of hydrogen-bond acceptors (Lipinski definition) is 4. The second-order valence-electron chi connectivity index (χ2n) is 4.77. The smallest absolute Gasteiger partial charge is 0.406 e. The van der Waals surface area contributed by atoms with Crippen LogP contribution in [0.4, 0.5) is 18.0 Å². The minimum absolute atomic E-state index is 0.351. The molecule has 1 heterocycles. The summed E-state index contributed by atoms with van der Waals surface area (Å²) < 4.78 is 43.2. The van der Waals surface area contributed by atoms with Crippen LogP contribution in [0.1, 0.15) is 6.42 Å². The summed E-state index contributed by atoms with van der Waals surface area (Å²) in [4.78, 5) is 35.6. The van der Waals surface area contributed by atoms with Gasteiger partial charge in [-0.3, -0.25) is 9.59 Å². The maximum absolute atomic E-state index is 13.0. The fourth-order valence-corrected chi connectivity index (χ4v) is 2.07. The lowest BCUT2D eigenvalue weighted by Crippen LogP contribution is -2.49. The first-order chi connectivity index (χ1) is 9.55. The zero-order valence-electron chi connectivity index (χ0n) is 11.4. The van der Waals surface area contributed by atoms with Crippen LogP contribution in [0.3, 0.4) is 0 Å². The van der Waals surface area contributed by atoms with Crippen LogP contribution in [0.25, 0.3) is 0 Å². The van der Waals surface area contributed by atoms with Gasteiger partial charge in [-0.2, -0.15) is 13.2 Å². The molecule has 1 aliphatic rings. The summed E-state index contributed by atoms with van der Waals surface area (Å²) in [6.07, 6.45) is -5.68. The van der Waals surface area contributed by atoms with Gasteiger partial charge in [0.15, 0.2) is 5.41 Å². The van der Waals surface area contributed by atoms with Gasteiger partial charge in [-0.15, -0.1) is 0 Å². The SMILES string of the molecule is COC(=O)CN(C)C(=O)N1CCC(C(=O)O)(C(F)(F)F)C1. The van der Waals surface area contributed by atoms with E-state index in [4.69, 9.17) is 5.11 Å². The Labute approximate surface area is 118 Å². The van der Waals surface area contributed by atoms with Gasteiger partial charge in [-0.25, -0.2) is 4.79 Å². The Morgan fingerprint density at radius 1 is 1.38 bits per heavy atom. The van der Waals surface area contributed by atoms with E-state index in [-0.39, 0.29) is 6.54 Å². The highest BCUT2D eigenvalue weighted by atomic mass is 19.4. The number of methoxy groups -OCH3 is 1. The number of carbonyl (C=O) groups is 3. The summed E-state index contributed by atoms with van der Waals surface area (Å²) >= 11 is 0. The minimum atomic E-state index is -4.96. The Morgan fingerprint density at radius 2 is 1.95 bits per heavy atom. The zero-order chi connectivity index (χ0) is 16.4. The quantitative estimate of drug-likeness (QED) is 0.769. The van der Waals surface area contributed by atoms with Gasteiger partial charge in [0.05, 0.1) is 7.11 Å². The summed E-state index contributed by atoms with van der Waals surface area (Å²) in [5.74, 6) is -2.74. The first kappa shape index (κ1) is 17.1. The molecular weight excluding hydrogens is 297 g/mol. The van der Waals surface area contributed by atoms with E-state index < -0.39 is 49.1 Å². The summed E-state index contributed by atoms with van der Waals surface area (Å²) in [5, 5.41) is 8.88. The number of carbonyl (C=O) groups excluding carboxylic acids is 2. The Bertz CT molecular complexity index is 454. The zero-order valence-corrected chi connectivity index (χ0v) is 11.4. The Morgan fingerprint density at radius 3 is 2.33 bits per heavy atom. The molecule has 2 amide bonds. The molecule has 0 aromatic heterocycles. The van der Waals surface area contributed by atoms with Crippen LogP contribution >= 0.6 is 0 Å². The molecule has 1 fully saturated rings. The van der Waals surface area contributed by atoms with Crippen LogP contribution in [0.2, 0.25) is 0 Å². The number of rotatable bonds is 3. The van der Waals surface area contributed by atoms with Crippen LogP contribution in [-0.4, -0.2) is 72.8 Å². The van der Waals surface area contributed by atoms with Gasteiger partial charge in [-0.1, -0.05) is 0 Å². The van der Waals surface area contributed by atoms with Crippen molar-refractivity contribution in [3.8, 4) is 0 Å². The van der Waals surface area contributed by atoms with E-state index in [1.54, 1.807) is 0 Å². The summed E-state index contributed by atoms with van der Waals surface area (Å²) in [6.45, 7) is -1.76. The van der Waals surface area contributed by atoms with E-state index >= 15 is 0 Å². The first-order valence-electron chi connectivity index (χ1n) is 5.92. The number of nitrogens with zero attached hydrogens (tertiary/aromatic N) is 2.